The summed E-state index contributed by atoms with van der Waals surface area (Å²) in [6.45, 7) is 25.0. The van der Waals surface area contributed by atoms with Crippen LogP contribution in [0.1, 0.15) is 125 Å². The van der Waals surface area contributed by atoms with E-state index in [9.17, 15) is 34.4 Å². The number of aryl methyl sites for hydroxylation is 1. The highest BCUT2D eigenvalue weighted by molar-refractivity contribution is 5.88. The molecule has 4 N–H and O–H groups in total. The molecule has 2 aromatic heterocycles. The van der Waals surface area contributed by atoms with Gasteiger partial charge >= 0.3 is 5.97 Å². The Bertz CT molecular complexity index is 2440. The molecule has 0 unspecified atom stereocenters. The zero-order valence-electron chi connectivity index (χ0n) is 48.7. The van der Waals surface area contributed by atoms with Gasteiger partial charge in [0.05, 0.1) is 53.8 Å². The van der Waals surface area contributed by atoms with E-state index in [4.69, 9.17) is 37.9 Å². The third-order valence-corrected chi connectivity index (χ3v) is 17.7. The van der Waals surface area contributed by atoms with Crippen molar-refractivity contribution in [3.05, 3.63) is 53.1 Å². The fraction of sp³-hybridized carbons (Fsp3) is 0.759. The monoisotopic (exact) mass is 1090 g/mol. The summed E-state index contributed by atoms with van der Waals surface area (Å²) in [5.41, 5.74) is 0.153. The second-order valence-electron chi connectivity index (χ2n) is 23.8. The van der Waals surface area contributed by atoms with Crippen molar-refractivity contribution in [1.82, 2.24) is 19.7 Å². The van der Waals surface area contributed by atoms with Gasteiger partial charge in [-0.1, -0.05) is 46.8 Å². The number of aliphatic hydroxyl groups is 4. The number of ether oxygens (including phenoxy) is 8. The highest BCUT2D eigenvalue weighted by Crippen LogP contribution is 2.44. The topological polar surface area (TPSA) is 223 Å². The van der Waals surface area contributed by atoms with Gasteiger partial charge in [0.25, 0.3) is 5.88 Å². The number of rotatable bonds is 13. The van der Waals surface area contributed by atoms with Crippen LogP contribution in [0, 0.1) is 55.2 Å². The van der Waals surface area contributed by atoms with E-state index in [1.165, 1.54) is 51.0 Å². The van der Waals surface area contributed by atoms with Gasteiger partial charge in [0.2, 0.25) is 0 Å². The highest BCUT2D eigenvalue weighted by atomic mass is 19.1. The Labute approximate surface area is 455 Å². The highest BCUT2D eigenvalue weighted by Gasteiger charge is 2.54. The number of benzene rings is 1. The Morgan fingerprint density at radius 1 is 0.870 bits per heavy atom. The van der Waals surface area contributed by atoms with Gasteiger partial charge in [-0.15, -0.1) is 5.10 Å². The average Bonchev–Trinajstić information content (AvgIpc) is 4.08. The molecule has 0 amide bonds. The van der Waals surface area contributed by atoms with E-state index < -0.39 is 102 Å². The molecular formula is C58H91FN4O14. The first-order valence-electron chi connectivity index (χ1n) is 27.6. The van der Waals surface area contributed by atoms with Crippen molar-refractivity contribution in [2.24, 2.45) is 35.5 Å². The van der Waals surface area contributed by atoms with Crippen molar-refractivity contribution in [3.8, 4) is 5.88 Å². The number of aliphatic hydroxyl groups excluding tert-OH is 3. The fourth-order valence-corrected chi connectivity index (χ4v) is 12.0. The number of Topliss-reactive ketones (excluding diaryl/α,β-unsaturated/α-hetero) is 1. The van der Waals surface area contributed by atoms with Crippen LogP contribution in [-0.2, 0) is 55.9 Å². The number of methoxy groups -OCH3 is 2. The summed E-state index contributed by atoms with van der Waals surface area (Å²) in [7, 11) is 6.77. The molecule has 434 valence electrons. The van der Waals surface area contributed by atoms with Crippen LogP contribution in [0.4, 0.5) is 4.39 Å². The lowest BCUT2D eigenvalue weighted by Gasteiger charge is -2.50. The number of carbonyl (C=O) groups excluding carboxylic acids is 2. The number of ketones is 1. The number of nitrogens with zero attached hydrogens (tertiary/aromatic N) is 4. The van der Waals surface area contributed by atoms with E-state index in [0.717, 1.165) is 34.8 Å². The van der Waals surface area contributed by atoms with Crippen LogP contribution in [0.25, 0.3) is 10.9 Å². The Hall–Kier alpha value is -3.73. The zero-order chi connectivity index (χ0) is 57.2. The molecule has 4 aliphatic rings. The minimum Gasteiger partial charge on any atom is -0.470 e. The van der Waals surface area contributed by atoms with Crippen molar-refractivity contribution in [1.29, 1.82) is 0 Å². The van der Waals surface area contributed by atoms with E-state index in [0.29, 0.717) is 18.9 Å². The smallest absolute Gasteiger partial charge is 0.311 e. The minimum absolute atomic E-state index is 0.111. The van der Waals surface area contributed by atoms with Gasteiger partial charge < -0.3 is 67.8 Å². The van der Waals surface area contributed by atoms with Gasteiger partial charge in [-0.05, 0) is 130 Å². The quantitative estimate of drug-likeness (QED) is 0.128. The molecule has 77 heavy (non-hydrogen) atoms. The van der Waals surface area contributed by atoms with Crippen LogP contribution in [0.2, 0.25) is 0 Å². The summed E-state index contributed by atoms with van der Waals surface area (Å²) in [6, 6.07) is 6.05. The molecule has 1 saturated carbocycles. The number of esters is 1. The van der Waals surface area contributed by atoms with Crippen LogP contribution in [-0.4, -0.2) is 164 Å². The predicted molar refractivity (Wildman–Crippen MR) is 286 cm³/mol. The van der Waals surface area contributed by atoms with Crippen molar-refractivity contribution < 1.29 is 72.3 Å². The van der Waals surface area contributed by atoms with Crippen molar-refractivity contribution in [2.75, 3.05) is 28.3 Å². The van der Waals surface area contributed by atoms with Crippen LogP contribution >= 0.6 is 0 Å². The lowest BCUT2D eigenvalue weighted by atomic mass is 9.74. The normalized spacial score (nSPS) is 39.4. The molecule has 20 atom stereocenters. The number of hydrogen-bond donors (Lipinski definition) is 4. The van der Waals surface area contributed by atoms with Crippen molar-refractivity contribution in [3.63, 3.8) is 0 Å². The van der Waals surface area contributed by atoms with E-state index in [1.54, 1.807) is 60.6 Å². The number of cyclic esters (lactones) is 1. The maximum Gasteiger partial charge on any atom is 0.311 e. The first-order valence-corrected chi connectivity index (χ1v) is 27.6. The molecule has 3 saturated heterocycles. The second kappa shape index (κ2) is 25.4. The summed E-state index contributed by atoms with van der Waals surface area (Å²) < 4.78 is 65.2. The number of fused-ring (bicyclic) bond motifs is 1. The molecule has 5 heterocycles. The summed E-state index contributed by atoms with van der Waals surface area (Å²) >= 11 is 0. The Balaban J connectivity index is 0.000000316. The summed E-state index contributed by atoms with van der Waals surface area (Å²) in [4.78, 5) is 30.1. The van der Waals surface area contributed by atoms with Crippen molar-refractivity contribution >= 4 is 22.7 Å². The molecule has 18 nitrogen and oxygen atoms in total. The summed E-state index contributed by atoms with van der Waals surface area (Å²) in [5, 5.41) is 55.0. The van der Waals surface area contributed by atoms with Crippen LogP contribution in [0.15, 0.2) is 30.5 Å². The third-order valence-electron chi connectivity index (χ3n) is 17.7. The van der Waals surface area contributed by atoms with Gasteiger partial charge in [0.1, 0.15) is 47.6 Å². The van der Waals surface area contributed by atoms with Gasteiger partial charge in [-0.25, -0.2) is 4.39 Å². The number of halogens is 1. The van der Waals surface area contributed by atoms with E-state index in [1.807, 2.05) is 39.0 Å². The maximum absolute atomic E-state index is 14.2. The number of carbonyl (C=O) groups is 2. The van der Waals surface area contributed by atoms with E-state index in [-0.39, 0.29) is 43.0 Å². The molecular weight excluding hydrogens is 996 g/mol. The largest absolute Gasteiger partial charge is 0.470 e. The molecule has 7 rings (SSSR count). The first-order chi connectivity index (χ1) is 36.0. The molecule has 1 aromatic carbocycles. The summed E-state index contributed by atoms with van der Waals surface area (Å²) in [6.07, 6.45) is -5.63. The lowest BCUT2D eigenvalue weighted by molar-refractivity contribution is -0.319. The molecule has 0 radical (unpaired) electrons. The SMILES string of the molecule is CC[C@H]1OC(=O)[C@H](C)[C@@H](O[C@H]2C[C@@](C)(OC)[C@@H](O)[C@H](C)O2)[C@H](C)[C@@H](O[C@@H]2O[C@H](C)C[C@H](N(C)C)[C@H]2O)[C@](C)(OC)C[C@@H](C)C(=O)[C@H](C)[C@@H](O)[C@]1(C)O.Cc1c(C)n(C[C@H]2C[C@@H]2C)c2c(OCc3ccc(F)cc3)nncc12. The standard InChI is InChI=1S/C38H69NO13.C20H22FN3O/c1-15-26-38(10,45)31(42)21(4)28(40)19(2)17-37(9,47-14)33(52-35-29(41)25(39(11)12)16-20(3)48-35)22(5)30(23(6)34(44)50-26)51-27-18-36(8,46-13)32(43)24(7)49-27;1-12-8-16(12)10-24-14(3)13(2)18-9-22-23-20(19(18)24)25-11-15-4-6-17(21)7-5-15/h19-27,29-33,35,41-43,45H,15-18H2,1-14H3;4-7,9,12,16H,8,10-11H2,1-3H3/t19-,20-,21+,22+,23-,24+,25+,26-,27+,29-,30+,31-,32+,33-,35+,36-,37-,38-;12-,16+/m10/s1. The third kappa shape index (κ3) is 13.7. The molecule has 0 bridgehead atoms. The van der Waals surface area contributed by atoms with Crippen molar-refractivity contribution in [2.45, 2.75) is 220 Å². The average molecular weight is 1090 g/mol. The Morgan fingerprint density at radius 3 is 2.09 bits per heavy atom. The molecule has 1 aliphatic carbocycles. The number of aromatic nitrogens is 3. The Kier molecular flexibility index (Phi) is 20.6. The molecule has 3 aliphatic heterocycles. The fourth-order valence-electron chi connectivity index (χ4n) is 12.0. The Morgan fingerprint density at radius 2 is 1.51 bits per heavy atom. The van der Waals surface area contributed by atoms with E-state index >= 15 is 0 Å². The van der Waals surface area contributed by atoms with Gasteiger partial charge in [0, 0.05) is 62.1 Å². The predicted octanol–water partition coefficient (Wildman–Crippen LogP) is 6.86. The van der Waals surface area contributed by atoms with Crippen LogP contribution in [0.5, 0.6) is 5.88 Å². The molecule has 4 fully saturated rings. The molecule has 0 spiro atoms. The van der Waals surface area contributed by atoms with Gasteiger partial charge in [-0.2, -0.15) is 5.10 Å². The number of likely N-dealkylation sites (N-methyl/N-ethyl adjacent to an activating group) is 1. The maximum atomic E-state index is 14.2. The van der Waals surface area contributed by atoms with Crippen LogP contribution < -0.4 is 4.74 Å². The zero-order valence-corrected chi connectivity index (χ0v) is 48.7. The lowest BCUT2D eigenvalue weighted by Crippen LogP contribution is -2.61. The van der Waals surface area contributed by atoms with Gasteiger partial charge in [-0.3, -0.25) is 9.59 Å². The van der Waals surface area contributed by atoms with Gasteiger partial charge in [0.15, 0.2) is 12.6 Å². The minimum atomic E-state index is -1.96. The molecule has 3 aromatic rings. The summed E-state index contributed by atoms with van der Waals surface area (Å²) in [5.74, 6) is -2.65. The van der Waals surface area contributed by atoms with Crippen LogP contribution in [0.3, 0.4) is 0 Å². The molecule has 19 heteroatoms. The van der Waals surface area contributed by atoms with E-state index in [2.05, 4.69) is 35.5 Å². The first kappa shape index (κ1) is 62.5. The second-order valence-corrected chi connectivity index (χ2v) is 23.8. The number of hydrogen-bond acceptors (Lipinski definition) is 17.